The summed E-state index contributed by atoms with van der Waals surface area (Å²) in [6.45, 7) is 8.86. The molecule has 3 aliphatic heterocycles. The second kappa shape index (κ2) is 9.28. The molecular weight excluding hydrogens is 501 g/mol. The largest absolute Gasteiger partial charge is 0.370 e. The molecule has 2 aromatic rings. The molecule has 34 heavy (non-hydrogen) atoms. The summed E-state index contributed by atoms with van der Waals surface area (Å²) in [6, 6.07) is 6.39. The lowest BCUT2D eigenvalue weighted by atomic mass is 9.80. The maximum absolute atomic E-state index is 15.2. The Morgan fingerprint density at radius 1 is 1.21 bits per heavy atom. The maximum atomic E-state index is 15.2. The fourth-order valence-corrected chi connectivity index (χ4v) is 6.67. The zero-order valence-corrected chi connectivity index (χ0v) is 21.5. The van der Waals surface area contributed by atoms with Crippen LogP contribution in [0.2, 0.25) is 10.0 Å². The minimum atomic E-state index is -0.627. The van der Waals surface area contributed by atoms with Crippen LogP contribution in [0.25, 0.3) is 0 Å². The van der Waals surface area contributed by atoms with Crippen LogP contribution in [-0.2, 0) is 4.74 Å². The molecule has 1 aromatic heterocycles. The van der Waals surface area contributed by atoms with E-state index in [9.17, 15) is 4.39 Å². The number of hydrogen-bond acceptors (Lipinski definition) is 6. The number of nitrogens with one attached hydrogen (secondary N) is 1. The first-order chi connectivity index (χ1) is 16.2. The van der Waals surface area contributed by atoms with Crippen molar-refractivity contribution >= 4 is 46.7 Å². The second-order valence-corrected chi connectivity index (χ2v) is 11.8. The van der Waals surface area contributed by atoms with Crippen LogP contribution in [-0.4, -0.2) is 54.3 Å². The number of rotatable bonds is 5. The third kappa shape index (κ3) is 4.60. The predicted octanol–water partition coefficient (Wildman–Crippen LogP) is 6.26. The number of halogens is 4. The first kappa shape index (κ1) is 24.4. The number of hydrogen-bond donors (Lipinski definition) is 1. The summed E-state index contributed by atoms with van der Waals surface area (Å²) in [7, 11) is 0. The Hall–Kier alpha value is -1.32. The highest BCUT2D eigenvalue weighted by molar-refractivity contribution is 8.00. The van der Waals surface area contributed by atoms with Gasteiger partial charge in [0.15, 0.2) is 5.82 Å². The van der Waals surface area contributed by atoms with Gasteiger partial charge in [-0.2, -0.15) is 4.39 Å². The van der Waals surface area contributed by atoms with Crippen LogP contribution < -0.4 is 9.62 Å². The van der Waals surface area contributed by atoms with Gasteiger partial charge in [-0.15, -0.1) is 0 Å². The number of anilines is 2. The van der Waals surface area contributed by atoms with E-state index in [2.05, 4.69) is 28.5 Å². The van der Waals surface area contributed by atoms with E-state index >= 15 is 4.39 Å². The summed E-state index contributed by atoms with van der Waals surface area (Å²) in [5, 5.41) is 0.250. The normalized spacial score (nSPS) is 23.8. The Morgan fingerprint density at radius 3 is 2.71 bits per heavy atom. The van der Waals surface area contributed by atoms with Crippen LogP contribution in [0.4, 0.5) is 20.3 Å². The molecule has 3 fully saturated rings. The third-order valence-electron chi connectivity index (χ3n) is 7.09. The number of ether oxygens (including phenoxy) is 1. The van der Waals surface area contributed by atoms with Gasteiger partial charge in [0.25, 0.3) is 0 Å². The molecule has 3 aliphatic rings. The molecule has 5 rings (SSSR count). The van der Waals surface area contributed by atoms with Crippen molar-refractivity contribution in [2.75, 3.05) is 42.4 Å². The molecule has 1 N–H and O–H groups in total. The van der Waals surface area contributed by atoms with Crippen LogP contribution >= 0.6 is 35.1 Å². The molecule has 1 unspecified atom stereocenters. The number of likely N-dealkylation sites (tertiary alicyclic amines) is 1. The van der Waals surface area contributed by atoms with E-state index in [0.29, 0.717) is 30.2 Å². The number of benzene rings is 1. The zero-order chi connectivity index (χ0) is 24.1. The molecule has 1 spiro atoms. The van der Waals surface area contributed by atoms with Crippen molar-refractivity contribution in [2.24, 2.45) is 5.41 Å². The van der Waals surface area contributed by atoms with Gasteiger partial charge in [0.2, 0.25) is 5.95 Å². The lowest BCUT2D eigenvalue weighted by Crippen LogP contribution is -2.73. The van der Waals surface area contributed by atoms with Gasteiger partial charge < -0.3 is 14.4 Å². The molecule has 10 heteroatoms. The molecule has 4 heterocycles. The quantitative estimate of drug-likeness (QED) is 0.280. The smallest absolute Gasteiger partial charge is 0.214 e. The van der Waals surface area contributed by atoms with Gasteiger partial charge in [-0.25, -0.2) is 9.37 Å². The molecular formula is C24H28Cl2F2N4OS. The molecule has 0 amide bonds. The minimum absolute atomic E-state index is 0.0189. The molecule has 0 bridgehead atoms. The Balaban J connectivity index is 1.31. The molecule has 0 saturated carbocycles. The van der Waals surface area contributed by atoms with Crippen molar-refractivity contribution in [3.63, 3.8) is 0 Å². The highest BCUT2D eigenvalue weighted by Crippen LogP contribution is 2.47. The number of pyridine rings is 1. The molecule has 1 atom stereocenters. The highest BCUT2D eigenvalue weighted by Gasteiger charge is 2.55. The molecule has 5 nitrogen and oxygen atoms in total. The van der Waals surface area contributed by atoms with Gasteiger partial charge in [-0.05, 0) is 61.4 Å². The Bertz CT molecular complexity index is 1080. The van der Waals surface area contributed by atoms with E-state index in [4.69, 9.17) is 27.9 Å². The molecule has 3 saturated heterocycles. The van der Waals surface area contributed by atoms with Crippen molar-refractivity contribution in [1.29, 1.82) is 0 Å². The van der Waals surface area contributed by atoms with Crippen LogP contribution in [0.3, 0.4) is 0 Å². The lowest BCUT2D eigenvalue weighted by molar-refractivity contribution is -0.144. The fraction of sp³-hybridized carbons (Fsp3) is 0.542. The fourth-order valence-electron chi connectivity index (χ4n) is 5.38. The van der Waals surface area contributed by atoms with Gasteiger partial charge in [0, 0.05) is 19.2 Å². The van der Waals surface area contributed by atoms with Gasteiger partial charge in [-0.1, -0.05) is 43.1 Å². The summed E-state index contributed by atoms with van der Waals surface area (Å²) < 4.78 is 37.7. The van der Waals surface area contributed by atoms with E-state index in [0.717, 1.165) is 44.5 Å². The average molecular weight is 529 g/mol. The molecule has 0 radical (unpaired) electrons. The summed E-state index contributed by atoms with van der Waals surface area (Å²) >= 11 is 13.8. The van der Waals surface area contributed by atoms with Crippen molar-refractivity contribution in [3.05, 3.63) is 46.1 Å². The van der Waals surface area contributed by atoms with Gasteiger partial charge in [0.05, 0.1) is 28.7 Å². The monoisotopic (exact) mass is 528 g/mol. The van der Waals surface area contributed by atoms with Gasteiger partial charge in [0.1, 0.15) is 16.4 Å². The SMILES string of the molecule is CC1(C)CCN(C2CCCOC23CN(c2cc(Cl)c(SNc4cccc(F)n4)c(F)c2Cl)C3)C1. The standard InChI is InChI=1S/C24H28Cl2F2N4OS/c1-23(2)8-9-31(12-23)17-5-4-10-33-24(17)13-32(14-24)16-11-15(25)22(21(28)20(16)26)34-30-19-7-3-6-18(27)29-19/h3,6-7,11,17H,4-5,8-10,12-14H2,1-2H3,(H,29,30). The van der Waals surface area contributed by atoms with Crippen molar-refractivity contribution < 1.29 is 13.5 Å². The Labute approximate surface area is 213 Å². The number of aromatic nitrogens is 1. The van der Waals surface area contributed by atoms with E-state index in [1.807, 2.05) is 4.90 Å². The lowest BCUT2D eigenvalue weighted by Gasteiger charge is -2.58. The van der Waals surface area contributed by atoms with Crippen molar-refractivity contribution in [1.82, 2.24) is 9.88 Å². The zero-order valence-electron chi connectivity index (χ0n) is 19.2. The van der Waals surface area contributed by atoms with Crippen LogP contribution in [0.15, 0.2) is 29.2 Å². The van der Waals surface area contributed by atoms with Crippen LogP contribution in [0, 0.1) is 17.2 Å². The number of nitrogens with zero attached hydrogens (tertiary/aromatic N) is 3. The highest BCUT2D eigenvalue weighted by atomic mass is 35.5. The topological polar surface area (TPSA) is 40.6 Å². The molecule has 1 aromatic carbocycles. The predicted molar refractivity (Wildman–Crippen MR) is 134 cm³/mol. The Morgan fingerprint density at radius 2 is 2.00 bits per heavy atom. The van der Waals surface area contributed by atoms with Gasteiger partial charge >= 0.3 is 0 Å². The second-order valence-electron chi connectivity index (χ2n) is 10.2. The average Bonchev–Trinajstić information content (AvgIpc) is 3.14. The van der Waals surface area contributed by atoms with Crippen molar-refractivity contribution in [3.8, 4) is 0 Å². The van der Waals surface area contributed by atoms with Crippen LogP contribution in [0.5, 0.6) is 0 Å². The molecule has 0 aliphatic carbocycles. The maximum Gasteiger partial charge on any atom is 0.214 e. The van der Waals surface area contributed by atoms with Gasteiger partial charge in [-0.3, -0.25) is 4.90 Å². The van der Waals surface area contributed by atoms with E-state index < -0.39 is 11.8 Å². The third-order valence-corrected chi connectivity index (χ3v) is 8.78. The van der Waals surface area contributed by atoms with E-state index in [-0.39, 0.29) is 26.4 Å². The van der Waals surface area contributed by atoms with Crippen molar-refractivity contribution in [2.45, 2.75) is 49.6 Å². The summed E-state index contributed by atoms with van der Waals surface area (Å²) in [6.07, 6.45) is 3.36. The minimum Gasteiger partial charge on any atom is -0.370 e. The van der Waals surface area contributed by atoms with E-state index in [1.165, 1.54) is 18.6 Å². The summed E-state index contributed by atoms with van der Waals surface area (Å²) in [5.41, 5.74) is 0.630. The van der Waals surface area contributed by atoms with Crippen LogP contribution in [0.1, 0.15) is 33.1 Å². The summed E-state index contributed by atoms with van der Waals surface area (Å²) in [5.74, 6) is -0.977. The first-order valence-corrected chi connectivity index (χ1v) is 13.1. The summed E-state index contributed by atoms with van der Waals surface area (Å²) in [4.78, 5) is 8.48. The molecule has 184 valence electrons. The first-order valence-electron chi connectivity index (χ1n) is 11.5. The Kier molecular flexibility index (Phi) is 6.66. The van der Waals surface area contributed by atoms with E-state index in [1.54, 1.807) is 12.1 Å².